The Labute approximate surface area is 128 Å². The molecule has 0 bridgehead atoms. The Bertz CT molecular complexity index is 711. The van der Waals surface area contributed by atoms with Crippen LogP contribution in [0.2, 0.25) is 0 Å². The monoisotopic (exact) mass is 282 g/mol. The number of ether oxygens (including phenoxy) is 1. The Morgan fingerprint density at radius 3 is 2.14 bits per heavy atom. The van der Waals surface area contributed by atoms with Gasteiger partial charge in [0.2, 0.25) is 0 Å². The minimum atomic E-state index is 0.910. The molecule has 0 N–H and O–H groups in total. The van der Waals surface area contributed by atoms with Crippen molar-refractivity contribution in [2.75, 3.05) is 0 Å². The molecule has 2 aromatic carbocycles. The summed E-state index contributed by atoms with van der Waals surface area (Å²) in [6, 6.07) is 12.4. The predicted molar refractivity (Wildman–Crippen MR) is 93.3 cm³/mol. The van der Waals surface area contributed by atoms with Crippen molar-refractivity contribution in [3.8, 4) is 11.5 Å². The molecule has 2 aromatic rings. The Hall–Kier alpha value is -2.02. The highest BCUT2D eigenvalue weighted by Gasteiger charge is 2.14. The van der Waals surface area contributed by atoms with Gasteiger partial charge in [-0.25, -0.2) is 0 Å². The lowest BCUT2D eigenvalue weighted by Gasteiger charge is -2.19. The average molecular weight is 282 g/mol. The number of aryl methyl sites for hydroxylation is 1. The zero-order chi connectivity index (χ0) is 16.0. The van der Waals surface area contributed by atoms with Crippen LogP contribution in [0.5, 0.6) is 11.5 Å². The van der Waals surface area contributed by atoms with Crippen LogP contribution in [0.3, 0.4) is 0 Å². The molecule has 1 aliphatic heterocycles. The van der Waals surface area contributed by atoms with Crippen molar-refractivity contribution in [1.29, 1.82) is 0 Å². The Morgan fingerprint density at radius 2 is 1.48 bits per heavy atom. The third-order valence-electron chi connectivity index (χ3n) is 3.21. The highest BCUT2D eigenvalue weighted by Crippen LogP contribution is 2.32. The second kappa shape index (κ2) is 7.68. The summed E-state index contributed by atoms with van der Waals surface area (Å²) in [6.45, 7) is 16.2. The van der Waals surface area contributed by atoms with Crippen molar-refractivity contribution >= 4 is 12.2 Å². The molecule has 21 heavy (non-hydrogen) atoms. The average Bonchev–Trinajstić information content (AvgIpc) is 2.51. The quantitative estimate of drug-likeness (QED) is 0.675. The van der Waals surface area contributed by atoms with E-state index in [2.05, 4.69) is 44.7 Å². The van der Waals surface area contributed by atoms with Gasteiger partial charge in [0.15, 0.2) is 0 Å². The fraction of sp³-hybridized carbons (Fsp3) is 0.300. The van der Waals surface area contributed by atoms with Gasteiger partial charge < -0.3 is 4.74 Å². The fourth-order valence-electron chi connectivity index (χ4n) is 2.25. The molecule has 1 heterocycles. The molecule has 0 saturated carbocycles. The van der Waals surface area contributed by atoms with Crippen LogP contribution >= 0.6 is 0 Å². The number of benzene rings is 2. The summed E-state index contributed by atoms with van der Waals surface area (Å²) in [5.41, 5.74) is 3.66. The molecule has 0 radical (unpaired) electrons. The van der Waals surface area contributed by atoms with Crippen LogP contribution in [-0.2, 0) is 0 Å². The number of rotatable bonds is 0. The maximum Gasteiger partial charge on any atom is 0.135 e. The van der Waals surface area contributed by atoms with Crippen molar-refractivity contribution in [2.24, 2.45) is 0 Å². The first kappa shape index (κ1) is 17.0. The van der Waals surface area contributed by atoms with E-state index in [1.165, 1.54) is 16.7 Å². The van der Waals surface area contributed by atoms with Crippen LogP contribution in [0.25, 0.3) is 12.2 Å². The first-order valence-corrected chi connectivity index (χ1v) is 7.74. The second-order valence-electron chi connectivity index (χ2n) is 4.56. The van der Waals surface area contributed by atoms with Crippen molar-refractivity contribution in [3.63, 3.8) is 0 Å². The third kappa shape index (κ3) is 3.55. The SMILES string of the molecule is C=c1ccc2c(c1)Oc1cc(C)ccc1C=2C.CC.CC. The van der Waals surface area contributed by atoms with Gasteiger partial charge in [0.1, 0.15) is 11.5 Å². The van der Waals surface area contributed by atoms with Gasteiger partial charge in [-0.2, -0.15) is 0 Å². The molecule has 112 valence electrons. The normalized spacial score (nSPS) is 10.9. The summed E-state index contributed by atoms with van der Waals surface area (Å²) in [6.07, 6.45) is 0. The Morgan fingerprint density at radius 1 is 0.810 bits per heavy atom. The second-order valence-corrected chi connectivity index (χ2v) is 4.56. The summed E-state index contributed by atoms with van der Waals surface area (Å²) >= 11 is 0. The van der Waals surface area contributed by atoms with Crippen LogP contribution < -0.4 is 15.2 Å². The van der Waals surface area contributed by atoms with E-state index < -0.39 is 0 Å². The van der Waals surface area contributed by atoms with Gasteiger partial charge in [-0.3, -0.25) is 0 Å². The number of fused-ring (bicyclic) bond motifs is 2. The van der Waals surface area contributed by atoms with Crippen LogP contribution in [0.1, 0.15) is 45.7 Å². The minimum Gasteiger partial charge on any atom is -0.456 e. The van der Waals surface area contributed by atoms with Crippen LogP contribution in [0.15, 0.2) is 36.4 Å². The van der Waals surface area contributed by atoms with E-state index in [-0.39, 0.29) is 0 Å². The van der Waals surface area contributed by atoms with E-state index in [0.717, 1.165) is 21.9 Å². The summed E-state index contributed by atoms with van der Waals surface area (Å²) in [4.78, 5) is 0. The number of hydrogen-bond donors (Lipinski definition) is 0. The third-order valence-corrected chi connectivity index (χ3v) is 3.21. The van der Waals surface area contributed by atoms with Gasteiger partial charge in [0.05, 0.1) is 0 Å². The topological polar surface area (TPSA) is 9.23 Å². The van der Waals surface area contributed by atoms with Gasteiger partial charge >= 0.3 is 0 Å². The van der Waals surface area contributed by atoms with E-state index >= 15 is 0 Å². The molecule has 0 fully saturated rings. The molecular weight excluding hydrogens is 256 g/mol. The Kier molecular flexibility index (Phi) is 6.23. The van der Waals surface area contributed by atoms with Crippen LogP contribution in [0, 0.1) is 6.92 Å². The van der Waals surface area contributed by atoms with Crippen LogP contribution in [0.4, 0.5) is 0 Å². The molecule has 0 aromatic heterocycles. The van der Waals surface area contributed by atoms with Crippen molar-refractivity contribution in [3.05, 3.63) is 58.0 Å². The summed E-state index contributed by atoms with van der Waals surface area (Å²) in [5, 5.41) is 2.14. The van der Waals surface area contributed by atoms with Crippen molar-refractivity contribution < 1.29 is 4.74 Å². The fourth-order valence-corrected chi connectivity index (χ4v) is 2.25. The molecule has 0 amide bonds. The smallest absolute Gasteiger partial charge is 0.135 e. The molecule has 3 rings (SSSR count). The van der Waals surface area contributed by atoms with Gasteiger partial charge in [-0.1, -0.05) is 58.5 Å². The summed E-state index contributed by atoms with van der Waals surface area (Å²) < 4.78 is 5.95. The molecule has 1 heteroatoms. The highest BCUT2D eigenvalue weighted by atomic mass is 16.5. The summed E-state index contributed by atoms with van der Waals surface area (Å²) in [5.74, 6) is 1.86. The molecule has 1 nitrogen and oxygen atoms in total. The molecule has 1 aliphatic rings. The first-order chi connectivity index (χ1) is 10.1. The minimum absolute atomic E-state index is 0.910. The lowest BCUT2D eigenvalue weighted by atomic mass is 9.99. The van der Waals surface area contributed by atoms with Gasteiger partial charge in [0.25, 0.3) is 0 Å². The molecule has 0 spiro atoms. The van der Waals surface area contributed by atoms with Gasteiger partial charge in [0, 0.05) is 10.8 Å². The maximum absolute atomic E-state index is 5.95. The van der Waals surface area contributed by atoms with Gasteiger partial charge in [-0.15, -0.1) is 0 Å². The predicted octanol–water partition coefficient (Wildman–Crippen LogP) is 4.78. The zero-order valence-electron chi connectivity index (χ0n) is 14.1. The van der Waals surface area contributed by atoms with Crippen LogP contribution in [-0.4, -0.2) is 0 Å². The highest BCUT2D eigenvalue weighted by molar-refractivity contribution is 5.73. The largest absolute Gasteiger partial charge is 0.456 e. The standard InChI is InChI=1S/C16H14O.2C2H6/c1-10-4-6-13-12(3)14-7-5-11(2)9-16(14)17-15(13)8-10;2*1-2/h4-9H,1H2,2-3H3;2*1-2H3. The van der Waals surface area contributed by atoms with Crippen molar-refractivity contribution in [1.82, 2.24) is 0 Å². The summed E-state index contributed by atoms with van der Waals surface area (Å²) in [7, 11) is 0. The first-order valence-electron chi connectivity index (χ1n) is 7.74. The van der Waals surface area contributed by atoms with Crippen molar-refractivity contribution in [2.45, 2.75) is 41.5 Å². The zero-order valence-corrected chi connectivity index (χ0v) is 14.1. The lowest BCUT2D eigenvalue weighted by molar-refractivity contribution is 0.471. The van der Waals surface area contributed by atoms with E-state index in [1.807, 2.05) is 39.8 Å². The Balaban J connectivity index is 0.000000510. The van der Waals surface area contributed by atoms with E-state index in [4.69, 9.17) is 4.74 Å². The van der Waals surface area contributed by atoms with E-state index in [1.54, 1.807) is 0 Å². The molecule has 0 atom stereocenters. The number of hydrogen-bond acceptors (Lipinski definition) is 1. The molecule has 0 saturated heterocycles. The van der Waals surface area contributed by atoms with Gasteiger partial charge in [-0.05, 0) is 42.3 Å². The molecule has 0 unspecified atom stereocenters. The molecule has 0 aliphatic carbocycles. The lowest BCUT2D eigenvalue weighted by Crippen LogP contribution is -2.17. The molecular formula is C20H26O. The maximum atomic E-state index is 5.95. The van der Waals surface area contributed by atoms with E-state index in [0.29, 0.717) is 0 Å². The van der Waals surface area contributed by atoms with E-state index in [9.17, 15) is 0 Å².